The van der Waals surface area contributed by atoms with E-state index in [1.807, 2.05) is 0 Å². The molecule has 1 unspecified atom stereocenters. The van der Waals surface area contributed by atoms with Crippen LogP contribution in [0.25, 0.3) is 0 Å². The van der Waals surface area contributed by atoms with Gasteiger partial charge in [0, 0.05) is 12.6 Å². The molecule has 0 amide bonds. The first-order valence-corrected chi connectivity index (χ1v) is 8.84. The largest absolute Gasteiger partial charge is 0.266 e. The van der Waals surface area contributed by atoms with Crippen LogP contribution in [-0.4, -0.2) is 55.4 Å². The van der Waals surface area contributed by atoms with Gasteiger partial charge in [0.25, 0.3) is 10.0 Å². The van der Waals surface area contributed by atoms with E-state index in [2.05, 4.69) is 10.2 Å². The standard InChI is InChI=1S/C9H15N3O4S2/c1-2-12(8-4-6-17(13,14)7-8)18(15,16)9-3-5-10-11-9/h3,5,8H,2,4,6-7H2,1H3,(H,10,11). The Morgan fingerprint density at radius 1 is 1.56 bits per heavy atom. The summed E-state index contributed by atoms with van der Waals surface area (Å²) in [5.41, 5.74) is 0. The Bertz CT molecular complexity index is 606. The van der Waals surface area contributed by atoms with Gasteiger partial charge in [-0.05, 0) is 12.5 Å². The molecule has 2 heterocycles. The Morgan fingerprint density at radius 3 is 2.72 bits per heavy atom. The van der Waals surface area contributed by atoms with Crippen LogP contribution in [0.5, 0.6) is 0 Å². The van der Waals surface area contributed by atoms with Crippen LogP contribution in [0.3, 0.4) is 0 Å². The maximum atomic E-state index is 12.3. The van der Waals surface area contributed by atoms with Crippen molar-refractivity contribution in [2.24, 2.45) is 0 Å². The van der Waals surface area contributed by atoms with Crippen molar-refractivity contribution in [3.8, 4) is 0 Å². The molecule has 0 saturated carbocycles. The molecule has 1 atom stereocenters. The Kier molecular flexibility index (Phi) is 3.47. The van der Waals surface area contributed by atoms with E-state index >= 15 is 0 Å². The molecule has 18 heavy (non-hydrogen) atoms. The summed E-state index contributed by atoms with van der Waals surface area (Å²) < 4.78 is 48.7. The summed E-state index contributed by atoms with van der Waals surface area (Å²) in [6.45, 7) is 1.93. The molecule has 0 radical (unpaired) electrons. The third kappa shape index (κ3) is 2.43. The molecular formula is C9H15N3O4S2. The monoisotopic (exact) mass is 293 g/mol. The summed E-state index contributed by atoms with van der Waals surface area (Å²) in [5, 5.41) is 6.01. The molecule has 102 valence electrons. The van der Waals surface area contributed by atoms with E-state index in [0.717, 1.165) is 0 Å². The number of hydrogen-bond acceptors (Lipinski definition) is 5. The lowest BCUT2D eigenvalue weighted by Gasteiger charge is -2.24. The molecule has 1 aromatic heterocycles. The van der Waals surface area contributed by atoms with E-state index in [4.69, 9.17) is 0 Å². The van der Waals surface area contributed by atoms with Crippen molar-refractivity contribution in [1.82, 2.24) is 14.5 Å². The van der Waals surface area contributed by atoms with Gasteiger partial charge in [-0.2, -0.15) is 9.40 Å². The van der Waals surface area contributed by atoms with Gasteiger partial charge in [-0.15, -0.1) is 0 Å². The van der Waals surface area contributed by atoms with Crippen LogP contribution in [0.15, 0.2) is 17.3 Å². The molecule has 0 aliphatic carbocycles. The Labute approximate surface area is 106 Å². The number of sulfone groups is 1. The van der Waals surface area contributed by atoms with Crippen LogP contribution in [-0.2, 0) is 19.9 Å². The van der Waals surface area contributed by atoms with E-state index < -0.39 is 25.9 Å². The molecule has 0 aromatic carbocycles. The molecule has 1 fully saturated rings. The fourth-order valence-electron chi connectivity index (χ4n) is 2.14. The van der Waals surface area contributed by atoms with Crippen LogP contribution in [0.1, 0.15) is 13.3 Å². The predicted molar refractivity (Wildman–Crippen MR) is 65.2 cm³/mol. The van der Waals surface area contributed by atoms with Crippen LogP contribution in [0.4, 0.5) is 0 Å². The van der Waals surface area contributed by atoms with Crippen molar-refractivity contribution in [1.29, 1.82) is 0 Å². The van der Waals surface area contributed by atoms with Crippen molar-refractivity contribution >= 4 is 19.9 Å². The highest BCUT2D eigenvalue weighted by molar-refractivity contribution is 7.92. The molecule has 0 spiro atoms. The van der Waals surface area contributed by atoms with Crippen LogP contribution in [0.2, 0.25) is 0 Å². The summed E-state index contributed by atoms with van der Waals surface area (Å²) in [4.78, 5) is 0. The number of hydrogen-bond donors (Lipinski definition) is 1. The molecule has 7 nitrogen and oxygen atoms in total. The van der Waals surface area contributed by atoms with Crippen molar-refractivity contribution in [2.75, 3.05) is 18.1 Å². The number of rotatable bonds is 4. The van der Waals surface area contributed by atoms with Gasteiger partial charge in [0.1, 0.15) is 0 Å². The minimum Gasteiger partial charge on any atom is -0.266 e. The SMILES string of the molecule is CCN(C1CCS(=O)(=O)C1)S(=O)(=O)c1ccn[nH]1. The number of nitrogens with zero attached hydrogens (tertiary/aromatic N) is 2. The van der Waals surface area contributed by atoms with Gasteiger partial charge < -0.3 is 0 Å². The average Bonchev–Trinajstić information content (AvgIpc) is 2.88. The average molecular weight is 293 g/mol. The third-order valence-corrected chi connectivity index (χ3v) is 6.70. The smallest absolute Gasteiger partial charge is 0.260 e. The fraction of sp³-hybridized carbons (Fsp3) is 0.667. The molecular weight excluding hydrogens is 278 g/mol. The van der Waals surface area contributed by atoms with E-state index in [1.54, 1.807) is 6.92 Å². The molecule has 1 aliphatic heterocycles. The van der Waals surface area contributed by atoms with Crippen molar-refractivity contribution in [3.05, 3.63) is 12.3 Å². The van der Waals surface area contributed by atoms with Gasteiger partial charge in [0.2, 0.25) is 0 Å². The first-order valence-electron chi connectivity index (χ1n) is 5.58. The topological polar surface area (TPSA) is 100 Å². The van der Waals surface area contributed by atoms with Gasteiger partial charge >= 0.3 is 0 Å². The van der Waals surface area contributed by atoms with E-state index in [-0.39, 0.29) is 23.1 Å². The summed E-state index contributed by atoms with van der Waals surface area (Å²) in [5.74, 6) is -0.0547. The van der Waals surface area contributed by atoms with Gasteiger partial charge in [-0.1, -0.05) is 6.92 Å². The van der Waals surface area contributed by atoms with Gasteiger partial charge in [-0.25, -0.2) is 16.8 Å². The van der Waals surface area contributed by atoms with Gasteiger partial charge in [-0.3, -0.25) is 5.10 Å². The molecule has 1 N–H and O–H groups in total. The molecule has 9 heteroatoms. The zero-order valence-electron chi connectivity index (χ0n) is 9.90. The van der Waals surface area contributed by atoms with Crippen LogP contribution < -0.4 is 0 Å². The highest BCUT2D eigenvalue weighted by Gasteiger charge is 2.38. The highest BCUT2D eigenvalue weighted by atomic mass is 32.2. The molecule has 1 aromatic rings. The fourth-order valence-corrected chi connectivity index (χ4v) is 5.53. The summed E-state index contributed by atoms with van der Waals surface area (Å²) in [6, 6.07) is 0.884. The maximum Gasteiger partial charge on any atom is 0.260 e. The predicted octanol–water partition coefficient (Wildman–Crippen LogP) is -0.393. The molecule has 0 bridgehead atoms. The second-order valence-corrected chi connectivity index (χ2v) is 8.27. The third-order valence-electron chi connectivity index (χ3n) is 2.99. The van der Waals surface area contributed by atoms with Gasteiger partial charge in [0.05, 0.1) is 17.7 Å². The quantitative estimate of drug-likeness (QED) is 0.814. The Morgan fingerprint density at radius 2 is 2.28 bits per heavy atom. The summed E-state index contributed by atoms with van der Waals surface area (Å²) in [7, 11) is -6.80. The zero-order valence-corrected chi connectivity index (χ0v) is 11.5. The Balaban J connectivity index is 2.30. The number of nitrogens with one attached hydrogen (secondary N) is 1. The number of aromatic nitrogens is 2. The number of H-pyrrole nitrogens is 1. The zero-order chi connectivity index (χ0) is 13.4. The second kappa shape index (κ2) is 4.63. The van der Waals surface area contributed by atoms with Crippen molar-refractivity contribution in [3.63, 3.8) is 0 Å². The van der Waals surface area contributed by atoms with Crippen LogP contribution in [0, 0.1) is 0 Å². The summed E-state index contributed by atoms with van der Waals surface area (Å²) >= 11 is 0. The summed E-state index contributed by atoms with van der Waals surface area (Å²) in [6.07, 6.45) is 1.70. The molecule has 1 saturated heterocycles. The minimum atomic E-state index is -3.69. The lowest BCUT2D eigenvalue weighted by molar-refractivity contribution is 0.353. The minimum absolute atomic E-state index is 0.00588. The first kappa shape index (κ1) is 13.5. The highest BCUT2D eigenvalue weighted by Crippen LogP contribution is 2.23. The second-order valence-electron chi connectivity index (χ2n) is 4.19. The van der Waals surface area contributed by atoms with E-state index in [9.17, 15) is 16.8 Å². The lowest BCUT2D eigenvalue weighted by Crippen LogP contribution is -2.41. The van der Waals surface area contributed by atoms with E-state index in [1.165, 1.54) is 16.6 Å². The van der Waals surface area contributed by atoms with Gasteiger partial charge in [0.15, 0.2) is 14.9 Å². The lowest BCUT2D eigenvalue weighted by atomic mass is 10.3. The van der Waals surface area contributed by atoms with Crippen molar-refractivity contribution in [2.45, 2.75) is 24.4 Å². The number of aromatic amines is 1. The van der Waals surface area contributed by atoms with Crippen molar-refractivity contribution < 1.29 is 16.8 Å². The first-order chi connectivity index (χ1) is 8.37. The molecule has 2 rings (SSSR count). The van der Waals surface area contributed by atoms with E-state index in [0.29, 0.717) is 6.42 Å². The number of sulfonamides is 1. The maximum absolute atomic E-state index is 12.3. The normalized spacial score (nSPS) is 23.6. The molecule has 1 aliphatic rings. The Hall–Kier alpha value is -0.930. The van der Waals surface area contributed by atoms with Crippen LogP contribution >= 0.6 is 0 Å².